The van der Waals surface area contributed by atoms with Crippen LogP contribution in [0, 0.1) is 0 Å². The summed E-state index contributed by atoms with van der Waals surface area (Å²) in [5, 5.41) is 2.60. The number of imidazole rings is 1. The molecule has 0 radical (unpaired) electrons. The van der Waals surface area contributed by atoms with Gasteiger partial charge in [-0.25, -0.2) is 4.98 Å². The zero-order valence-electron chi connectivity index (χ0n) is 7.54. The van der Waals surface area contributed by atoms with Crippen LogP contribution < -0.4 is 5.32 Å². The van der Waals surface area contributed by atoms with Crippen molar-refractivity contribution in [1.29, 1.82) is 0 Å². The molecule has 72 valence electrons. The molecule has 2 N–H and O–H groups in total. The maximum atomic E-state index is 11.1. The van der Waals surface area contributed by atoms with E-state index in [9.17, 15) is 4.79 Å². The van der Waals surface area contributed by atoms with Crippen LogP contribution in [0.1, 0.15) is 13.3 Å². The Labute approximate surface area is 76.5 Å². The molecular weight excluding hydrogens is 170 g/mol. The minimum absolute atomic E-state index is 0.0941. The van der Waals surface area contributed by atoms with Crippen molar-refractivity contribution in [2.75, 3.05) is 18.5 Å². The van der Waals surface area contributed by atoms with Crippen molar-refractivity contribution in [3.63, 3.8) is 0 Å². The fourth-order valence-corrected chi connectivity index (χ4v) is 0.837. The molecule has 0 spiro atoms. The number of carbonyl (C=O) groups excluding carboxylic acids is 1. The van der Waals surface area contributed by atoms with E-state index >= 15 is 0 Å². The molecule has 1 amide bonds. The molecule has 0 unspecified atom stereocenters. The third-order valence-electron chi connectivity index (χ3n) is 1.43. The molecule has 0 saturated heterocycles. The summed E-state index contributed by atoms with van der Waals surface area (Å²) >= 11 is 0. The molecule has 5 nitrogen and oxygen atoms in total. The highest BCUT2D eigenvalue weighted by Crippen LogP contribution is 1.96. The first-order valence-corrected chi connectivity index (χ1v) is 4.20. The van der Waals surface area contributed by atoms with E-state index in [0.717, 1.165) is 0 Å². The van der Waals surface area contributed by atoms with Gasteiger partial charge in [0.25, 0.3) is 0 Å². The Kier molecular flexibility index (Phi) is 3.98. The standard InChI is InChI=1S/C8H13N3O2/c1-2-13-6-3-7(12)11-8-9-4-5-10-8/h4-5H,2-3,6H2,1H3,(H2,9,10,11,12). The quantitative estimate of drug-likeness (QED) is 0.663. The number of rotatable bonds is 5. The van der Waals surface area contributed by atoms with Gasteiger partial charge in [0.1, 0.15) is 0 Å². The topological polar surface area (TPSA) is 67.0 Å². The van der Waals surface area contributed by atoms with Gasteiger partial charge < -0.3 is 9.72 Å². The zero-order valence-corrected chi connectivity index (χ0v) is 7.54. The third kappa shape index (κ3) is 3.71. The number of nitrogens with zero attached hydrogens (tertiary/aromatic N) is 1. The summed E-state index contributed by atoms with van der Waals surface area (Å²) in [7, 11) is 0. The number of H-pyrrole nitrogens is 1. The largest absolute Gasteiger partial charge is 0.381 e. The number of aromatic amines is 1. The van der Waals surface area contributed by atoms with Crippen LogP contribution in [-0.4, -0.2) is 29.1 Å². The van der Waals surface area contributed by atoms with Crippen molar-refractivity contribution in [1.82, 2.24) is 9.97 Å². The molecule has 0 saturated carbocycles. The maximum absolute atomic E-state index is 11.1. The summed E-state index contributed by atoms with van der Waals surface area (Å²) < 4.78 is 5.03. The van der Waals surface area contributed by atoms with E-state index in [1.165, 1.54) is 0 Å². The number of carbonyl (C=O) groups is 1. The van der Waals surface area contributed by atoms with E-state index < -0.39 is 0 Å². The van der Waals surface area contributed by atoms with Crippen LogP contribution in [0.2, 0.25) is 0 Å². The van der Waals surface area contributed by atoms with Crippen molar-refractivity contribution < 1.29 is 9.53 Å². The van der Waals surface area contributed by atoms with E-state index in [1.807, 2.05) is 6.92 Å². The lowest BCUT2D eigenvalue weighted by Crippen LogP contribution is -2.14. The highest BCUT2D eigenvalue weighted by Gasteiger charge is 2.02. The SMILES string of the molecule is CCOCCC(=O)Nc1ncc[nH]1. The summed E-state index contributed by atoms with van der Waals surface area (Å²) in [5.41, 5.74) is 0. The number of hydrogen-bond acceptors (Lipinski definition) is 3. The number of nitrogens with one attached hydrogen (secondary N) is 2. The van der Waals surface area contributed by atoms with Gasteiger partial charge in [-0.3, -0.25) is 10.1 Å². The summed E-state index contributed by atoms with van der Waals surface area (Å²) in [6.07, 6.45) is 3.59. The second-order valence-corrected chi connectivity index (χ2v) is 2.43. The van der Waals surface area contributed by atoms with Crippen LogP contribution in [0.3, 0.4) is 0 Å². The van der Waals surface area contributed by atoms with Gasteiger partial charge in [-0.05, 0) is 6.92 Å². The molecular formula is C8H13N3O2. The normalized spacial score (nSPS) is 9.92. The van der Waals surface area contributed by atoms with Gasteiger partial charge in [0, 0.05) is 19.0 Å². The first-order valence-electron chi connectivity index (χ1n) is 4.20. The number of amides is 1. The molecule has 0 aliphatic heterocycles. The highest BCUT2D eigenvalue weighted by molar-refractivity contribution is 5.88. The smallest absolute Gasteiger partial charge is 0.228 e. The number of hydrogen-bond donors (Lipinski definition) is 2. The minimum Gasteiger partial charge on any atom is -0.381 e. The maximum Gasteiger partial charge on any atom is 0.228 e. The lowest BCUT2D eigenvalue weighted by Gasteiger charge is -2.01. The summed E-state index contributed by atoms with van der Waals surface area (Å²) in [6, 6.07) is 0. The van der Waals surface area contributed by atoms with Crippen LogP contribution in [0.4, 0.5) is 5.95 Å². The van der Waals surface area contributed by atoms with Crippen molar-refractivity contribution in [2.45, 2.75) is 13.3 Å². The Balaban J connectivity index is 2.18. The fourth-order valence-electron chi connectivity index (χ4n) is 0.837. The van der Waals surface area contributed by atoms with E-state index in [2.05, 4.69) is 15.3 Å². The van der Waals surface area contributed by atoms with Gasteiger partial charge in [0.15, 0.2) is 0 Å². The van der Waals surface area contributed by atoms with E-state index in [4.69, 9.17) is 4.74 Å². The monoisotopic (exact) mass is 183 g/mol. The Morgan fingerprint density at radius 2 is 2.62 bits per heavy atom. The van der Waals surface area contributed by atoms with Gasteiger partial charge in [-0.2, -0.15) is 0 Å². The second-order valence-electron chi connectivity index (χ2n) is 2.43. The molecule has 1 rings (SSSR count). The van der Waals surface area contributed by atoms with Crippen molar-refractivity contribution in [2.24, 2.45) is 0 Å². The minimum atomic E-state index is -0.0941. The van der Waals surface area contributed by atoms with Gasteiger partial charge in [0.2, 0.25) is 11.9 Å². The first-order chi connectivity index (χ1) is 6.33. The average molecular weight is 183 g/mol. The molecule has 1 heterocycles. The number of anilines is 1. The lowest BCUT2D eigenvalue weighted by molar-refractivity contribution is -0.117. The average Bonchev–Trinajstić information content (AvgIpc) is 2.57. The Hall–Kier alpha value is -1.36. The molecule has 0 aliphatic carbocycles. The van der Waals surface area contributed by atoms with Gasteiger partial charge in [0.05, 0.1) is 13.0 Å². The number of aromatic nitrogens is 2. The Morgan fingerprint density at radius 1 is 1.77 bits per heavy atom. The Morgan fingerprint density at radius 3 is 3.23 bits per heavy atom. The van der Waals surface area contributed by atoms with Crippen molar-refractivity contribution in [3.05, 3.63) is 12.4 Å². The van der Waals surface area contributed by atoms with E-state index in [0.29, 0.717) is 25.6 Å². The van der Waals surface area contributed by atoms with E-state index in [1.54, 1.807) is 12.4 Å². The van der Waals surface area contributed by atoms with E-state index in [-0.39, 0.29) is 5.91 Å². The Bertz CT molecular complexity index is 246. The van der Waals surface area contributed by atoms with Gasteiger partial charge >= 0.3 is 0 Å². The van der Waals surface area contributed by atoms with Crippen molar-refractivity contribution >= 4 is 11.9 Å². The second kappa shape index (κ2) is 5.31. The number of ether oxygens (including phenoxy) is 1. The first kappa shape index (κ1) is 9.73. The molecule has 1 aromatic heterocycles. The zero-order chi connectivity index (χ0) is 9.52. The summed E-state index contributed by atoms with van der Waals surface area (Å²) in [5.74, 6) is 0.380. The van der Waals surface area contributed by atoms with Crippen LogP contribution in [0.15, 0.2) is 12.4 Å². The summed E-state index contributed by atoms with van der Waals surface area (Å²) in [4.78, 5) is 17.8. The molecule has 13 heavy (non-hydrogen) atoms. The summed E-state index contributed by atoms with van der Waals surface area (Å²) in [6.45, 7) is 2.97. The van der Waals surface area contributed by atoms with Crippen molar-refractivity contribution in [3.8, 4) is 0 Å². The lowest BCUT2D eigenvalue weighted by atomic mass is 10.4. The molecule has 0 aliphatic rings. The third-order valence-corrected chi connectivity index (χ3v) is 1.43. The van der Waals surface area contributed by atoms with Crippen LogP contribution in [-0.2, 0) is 9.53 Å². The van der Waals surface area contributed by atoms with Crippen LogP contribution >= 0.6 is 0 Å². The van der Waals surface area contributed by atoms with Gasteiger partial charge in [-0.15, -0.1) is 0 Å². The molecule has 5 heteroatoms. The van der Waals surface area contributed by atoms with Gasteiger partial charge in [-0.1, -0.05) is 0 Å². The fraction of sp³-hybridized carbons (Fsp3) is 0.500. The highest BCUT2D eigenvalue weighted by atomic mass is 16.5. The molecule has 0 bridgehead atoms. The van der Waals surface area contributed by atoms with Crippen LogP contribution in [0.5, 0.6) is 0 Å². The predicted molar refractivity (Wildman–Crippen MR) is 48.3 cm³/mol. The predicted octanol–water partition coefficient (Wildman–Crippen LogP) is 0.775. The molecule has 0 aromatic carbocycles. The molecule has 1 aromatic rings. The van der Waals surface area contributed by atoms with Crippen LogP contribution in [0.25, 0.3) is 0 Å². The molecule has 0 fully saturated rings. The molecule has 0 atom stereocenters.